The molecule has 1 unspecified atom stereocenters. The molecule has 1 atom stereocenters. The molecule has 5 nitrogen and oxygen atoms in total. The van der Waals surface area contributed by atoms with Crippen LogP contribution in [-0.4, -0.2) is 29.1 Å². The van der Waals surface area contributed by atoms with E-state index in [4.69, 9.17) is 4.99 Å². The number of carbonyl (C=O) groups excluding carboxylic acids is 2. The molecule has 0 aromatic heterocycles. The van der Waals surface area contributed by atoms with E-state index < -0.39 is 35.1 Å². The van der Waals surface area contributed by atoms with Gasteiger partial charge in [0.1, 0.15) is 0 Å². The Labute approximate surface area is 224 Å². The van der Waals surface area contributed by atoms with Crippen LogP contribution in [0, 0.1) is 0 Å². The lowest BCUT2D eigenvalue weighted by Gasteiger charge is -2.37. The van der Waals surface area contributed by atoms with Crippen molar-refractivity contribution in [3.05, 3.63) is 108 Å². The maximum absolute atomic E-state index is 14.4. The summed E-state index contributed by atoms with van der Waals surface area (Å²) in [7, 11) is 0. The van der Waals surface area contributed by atoms with Crippen LogP contribution in [-0.2, 0) is 11.0 Å². The second kappa shape index (κ2) is 9.69. The van der Waals surface area contributed by atoms with Gasteiger partial charge in [0.05, 0.1) is 22.6 Å². The number of hydrogen-bond acceptors (Lipinski definition) is 3. The Morgan fingerprint density at radius 2 is 1.46 bits per heavy atom. The lowest BCUT2D eigenvalue weighted by Crippen LogP contribution is -2.58. The monoisotopic (exact) mass is 529 g/mol. The van der Waals surface area contributed by atoms with Crippen LogP contribution >= 0.6 is 0 Å². The fourth-order valence-electron chi connectivity index (χ4n) is 4.71. The van der Waals surface area contributed by atoms with Gasteiger partial charge in [-0.3, -0.25) is 14.5 Å². The highest BCUT2D eigenvalue weighted by Crippen LogP contribution is 2.38. The molecule has 0 radical (unpaired) electrons. The van der Waals surface area contributed by atoms with E-state index in [-0.39, 0.29) is 5.71 Å². The fraction of sp³-hybridized carbons (Fsp3) is 0.194. The number of halogens is 3. The van der Waals surface area contributed by atoms with Crippen LogP contribution in [0.5, 0.6) is 0 Å². The van der Waals surface area contributed by atoms with E-state index in [0.29, 0.717) is 22.5 Å². The molecule has 4 aromatic carbocycles. The van der Waals surface area contributed by atoms with Gasteiger partial charge < -0.3 is 5.32 Å². The van der Waals surface area contributed by atoms with Crippen LogP contribution in [0.2, 0.25) is 0 Å². The summed E-state index contributed by atoms with van der Waals surface area (Å²) >= 11 is 0. The number of fused-ring (bicyclic) bond motifs is 2. The summed E-state index contributed by atoms with van der Waals surface area (Å²) in [6.07, 6.45) is -4.51. The van der Waals surface area contributed by atoms with Crippen molar-refractivity contribution in [3.8, 4) is 0 Å². The van der Waals surface area contributed by atoms with Gasteiger partial charge in [-0.25, -0.2) is 4.99 Å². The second-order valence-corrected chi connectivity index (χ2v) is 10.4. The van der Waals surface area contributed by atoms with Crippen LogP contribution in [0.1, 0.15) is 42.3 Å². The van der Waals surface area contributed by atoms with E-state index >= 15 is 0 Å². The first-order chi connectivity index (χ1) is 18.4. The summed E-state index contributed by atoms with van der Waals surface area (Å²) < 4.78 is 39.9. The van der Waals surface area contributed by atoms with Gasteiger partial charge in [0.25, 0.3) is 5.91 Å². The number of hydrogen-bond donors (Lipinski definition) is 1. The number of nitrogens with zero attached hydrogens (tertiary/aromatic N) is 2. The molecule has 4 aromatic rings. The van der Waals surface area contributed by atoms with Crippen molar-refractivity contribution in [1.29, 1.82) is 0 Å². The number of anilines is 1. The summed E-state index contributed by atoms with van der Waals surface area (Å²) in [5.41, 5.74) is 0.279. The molecule has 0 bridgehead atoms. The van der Waals surface area contributed by atoms with Gasteiger partial charge in [-0.15, -0.1) is 0 Å². The number of carbonyl (C=O) groups is 2. The number of alkyl halides is 3. The van der Waals surface area contributed by atoms with E-state index in [0.717, 1.165) is 22.9 Å². The van der Waals surface area contributed by atoms with E-state index in [1.54, 1.807) is 36.4 Å². The van der Waals surface area contributed by atoms with Crippen LogP contribution in [0.25, 0.3) is 10.8 Å². The van der Waals surface area contributed by atoms with Crippen molar-refractivity contribution in [2.24, 2.45) is 4.99 Å². The molecule has 1 heterocycles. The first-order valence-corrected chi connectivity index (χ1v) is 12.4. The van der Waals surface area contributed by atoms with Gasteiger partial charge in [0.2, 0.25) is 5.91 Å². The summed E-state index contributed by atoms with van der Waals surface area (Å²) in [5.74, 6) is -0.920. The summed E-state index contributed by atoms with van der Waals surface area (Å²) in [6, 6.07) is 23.0. The van der Waals surface area contributed by atoms with Crippen molar-refractivity contribution in [1.82, 2.24) is 5.32 Å². The van der Waals surface area contributed by atoms with Gasteiger partial charge in [0.15, 0.2) is 6.04 Å². The zero-order chi connectivity index (χ0) is 27.9. The fourth-order valence-corrected chi connectivity index (χ4v) is 4.71. The van der Waals surface area contributed by atoms with E-state index in [2.05, 4.69) is 5.32 Å². The van der Waals surface area contributed by atoms with Crippen molar-refractivity contribution in [2.75, 3.05) is 4.90 Å². The predicted molar refractivity (Wildman–Crippen MR) is 147 cm³/mol. The molecule has 0 fully saturated rings. The van der Waals surface area contributed by atoms with Gasteiger partial charge in [-0.05, 0) is 67.4 Å². The zero-order valence-electron chi connectivity index (χ0n) is 21.6. The molecule has 5 rings (SSSR count). The normalized spacial score (nSPS) is 15.5. The molecule has 1 aliphatic heterocycles. The van der Waals surface area contributed by atoms with E-state index in [1.807, 2.05) is 51.1 Å². The number of aliphatic imine (C=N–C) groups is 1. The zero-order valence-corrected chi connectivity index (χ0v) is 21.6. The van der Waals surface area contributed by atoms with Crippen LogP contribution < -0.4 is 10.2 Å². The maximum atomic E-state index is 14.4. The Hall–Kier alpha value is -4.46. The van der Waals surface area contributed by atoms with Crippen molar-refractivity contribution in [3.63, 3.8) is 0 Å². The van der Waals surface area contributed by atoms with Crippen molar-refractivity contribution >= 4 is 39.7 Å². The minimum absolute atomic E-state index is 0.178. The summed E-state index contributed by atoms with van der Waals surface area (Å²) in [4.78, 5) is 34.3. The third-order valence-electron chi connectivity index (χ3n) is 6.39. The van der Waals surface area contributed by atoms with E-state index in [1.165, 1.54) is 17.0 Å². The number of para-hydroxylation sites is 2. The van der Waals surface area contributed by atoms with Gasteiger partial charge in [-0.2, -0.15) is 13.2 Å². The van der Waals surface area contributed by atoms with Crippen molar-refractivity contribution < 1.29 is 22.8 Å². The Morgan fingerprint density at radius 1 is 0.821 bits per heavy atom. The highest BCUT2D eigenvalue weighted by Gasteiger charge is 2.42. The molecule has 39 heavy (non-hydrogen) atoms. The lowest BCUT2D eigenvalue weighted by molar-refractivity contribution is -0.137. The van der Waals surface area contributed by atoms with Crippen LogP contribution in [0.15, 0.2) is 96.0 Å². The molecule has 0 saturated heterocycles. The lowest BCUT2D eigenvalue weighted by atomic mass is 9.94. The number of rotatable bonds is 3. The average molecular weight is 530 g/mol. The standard InChI is InChI=1S/C31H26F3N3O2/c1-30(2,3)36-28(38)27-26(20-15-17-21(18-16-20)31(32,33)34)35-24-13-6-7-14-25(24)37(27)29(39)23-12-8-10-19-9-4-5-11-22(19)23/h4-18,27H,1-3H3,(H,36,38). The number of benzene rings is 4. The molecule has 0 saturated carbocycles. The molecule has 2 amide bonds. The van der Waals surface area contributed by atoms with Gasteiger partial charge >= 0.3 is 6.18 Å². The summed E-state index contributed by atoms with van der Waals surface area (Å²) in [5, 5.41) is 4.52. The minimum atomic E-state index is -4.51. The molecule has 8 heteroatoms. The van der Waals surface area contributed by atoms with E-state index in [9.17, 15) is 22.8 Å². The molecular weight excluding hydrogens is 503 g/mol. The quantitative estimate of drug-likeness (QED) is 0.313. The number of nitrogens with one attached hydrogen (secondary N) is 1. The molecular formula is C31H26F3N3O2. The van der Waals surface area contributed by atoms with Gasteiger partial charge in [0, 0.05) is 11.1 Å². The Balaban J connectivity index is 1.71. The topological polar surface area (TPSA) is 61.8 Å². The molecule has 0 spiro atoms. The first-order valence-electron chi connectivity index (χ1n) is 12.4. The van der Waals surface area contributed by atoms with Crippen molar-refractivity contribution in [2.45, 2.75) is 38.5 Å². The Morgan fingerprint density at radius 3 is 2.15 bits per heavy atom. The number of amides is 2. The maximum Gasteiger partial charge on any atom is 0.416 e. The third kappa shape index (κ3) is 5.14. The Bertz CT molecular complexity index is 1600. The SMILES string of the molecule is CC(C)(C)NC(=O)C1C(c2ccc(C(F)(F)F)cc2)=Nc2ccccc2N1C(=O)c1cccc2ccccc12. The minimum Gasteiger partial charge on any atom is -0.349 e. The highest BCUT2D eigenvalue weighted by atomic mass is 19.4. The third-order valence-corrected chi connectivity index (χ3v) is 6.39. The molecule has 1 N–H and O–H groups in total. The second-order valence-electron chi connectivity index (χ2n) is 10.4. The van der Waals surface area contributed by atoms with Crippen LogP contribution in [0.4, 0.5) is 24.5 Å². The smallest absolute Gasteiger partial charge is 0.349 e. The van der Waals surface area contributed by atoms with Crippen LogP contribution in [0.3, 0.4) is 0 Å². The highest BCUT2D eigenvalue weighted by molar-refractivity contribution is 6.28. The Kier molecular flexibility index (Phi) is 6.50. The molecule has 1 aliphatic rings. The first kappa shape index (κ1) is 26.2. The summed E-state index contributed by atoms with van der Waals surface area (Å²) in [6.45, 7) is 5.44. The molecule has 0 aliphatic carbocycles. The average Bonchev–Trinajstić information content (AvgIpc) is 2.90. The van der Waals surface area contributed by atoms with Gasteiger partial charge in [-0.1, -0.05) is 60.7 Å². The predicted octanol–water partition coefficient (Wildman–Crippen LogP) is 6.92. The molecule has 198 valence electrons. The largest absolute Gasteiger partial charge is 0.416 e.